The van der Waals surface area contributed by atoms with Gasteiger partial charge in [-0.25, -0.2) is 0 Å². The third-order valence-electron chi connectivity index (χ3n) is 1.95. The van der Waals surface area contributed by atoms with Gasteiger partial charge in [-0.1, -0.05) is 6.08 Å². The Kier molecular flexibility index (Phi) is 4.57. The minimum absolute atomic E-state index is 0.210. The number of rotatable bonds is 5. The maximum atomic E-state index is 5.45. The number of ether oxygens (including phenoxy) is 2. The van der Waals surface area contributed by atoms with Crippen LogP contribution in [0, 0.1) is 0 Å². The fraction of sp³-hybridized carbons (Fsp3) is 0.600. The summed E-state index contributed by atoms with van der Waals surface area (Å²) in [6, 6.07) is 0. The molecule has 3 nitrogen and oxygen atoms in total. The van der Waals surface area contributed by atoms with E-state index in [1.54, 1.807) is 7.11 Å². The summed E-state index contributed by atoms with van der Waals surface area (Å²) < 4.78 is 10.6. The minimum atomic E-state index is 0.210. The van der Waals surface area contributed by atoms with Gasteiger partial charge >= 0.3 is 0 Å². The Morgan fingerprint density at radius 1 is 1.62 bits per heavy atom. The van der Waals surface area contributed by atoms with Gasteiger partial charge in [-0.05, 0) is 31.5 Å². The first-order valence-electron chi connectivity index (χ1n) is 4.61. The molecule has 0 heterocycles. The Balaban J connectivity index is 2.22. The average molecular weight is 183 g/mol. The van der Waals surface area contributed by atoms with Crippen LogP contribution in [0.3, 0.4) is 0 Å². The molecule has 0 amide bonds. The van der Waals surface area contributed by atoms with Crippen molar-refractivity contribution in [2.45, 2.75) is 18.9 Å². The van der Waals surface area contributed by atoms with Crippen molar-refractivity contribution in [1.82, 2.24) is 0 Å². The van der Waals surface area contributed by atoms with E-state index in [-0.39, 0.29) is 6.10 Å². The van der Waals surface area contributed by atoms with Crippen molar-refractivity contribution in [2.75, 3.05) is 20.3 Å². The lowest BCUT2D eigenvalue weighted by Gasteiger charge is -2.15. The Morgan fingerprint density at radius 3 is 3.00 bits per heavy atom. The lowest BCUT2D eigenvalue weighted by Crippen LogP contribution is -2.10. The van der Waals surface area contributed by atoms with Crippen LogP contribution in [0.15, 0.2) is 24.0 Å². The topological polar surface area (TPSA) is 44.5 Å². The SMILES string of the molecule is COC1C=CC(OCCCN)=CC1. The largest absolute Gasteiger partial charge is 0.494 e. The molecule has 0 aromatic rings. The van der Waals surface area contributed by atoms with Crippen LogP contribution in [-0.2, 0) is 9.47 Å². The predicted molar refractivity (Wildman–Crippen MR) is 52.3 cm³/mol. The molecule has 1 aliphatic rings. The summed E-state index contributed by atoms with van der Waals surface area (Å²) >= 11 is 0. The van der Waals surface area contributed by atoms with E-state index in [0.29, 0.717) is 13.2 Å². The molecule has 1 unspecified atom stereocenters. The second-order valence-electron chi connectivity index (χ2n) is 2.97. The van der Waals surface area contributed by atoms with Gasteiger partial charge in [0.1, 0.15) is 5.76 Å². The molecular formula is C10H17NO2. The van der Waals surface area contributed by atoms with E-state index in [1.807, 2.05) is 18.2 Å². The van der Waals surface area contributed by atoms with Gasteiger partial charge in [0.15, 0.2) is 0 Å². The molecule has 0 saturated carbocycles. The third-order valence-corrected chi connectivity index (χ3v) is 1.95. The number of methoxy groups -OCH3 is 1. The first-order valence-corrected chi connectivity index (χ1v) is 4.61. The van der Waals surface area contributed by atoms with Crippen molar-refractivity contribution in [1.29, 1.82) is 0 Å². The van der Waals surface area contributed by atoms with Crippen LogP contribution in [0.25, 0.3) is 0 Å². The highest BCUT2D eigenvalue weighted by Gasteiger charge is 2.06. The summed E-state index contributed by atoms with van der Waals surface area (Å²) in [5, 5.41) is 0. The lowest BCUT2D eigenvalue weighted by molar-refractivity contribution is 0.137. The van der Waals surface area contributed by atoms with Gasteiger partial charge in [0.25, 0.3) is 0 Å². The monoisotopic (exact) mass is 183 g/mol. The normalized spacial score (nSPS) is 21.4. The van der Waals surface area contributed by atoms with Crippen molar-refractivity contribution in [3.8, 4) is 0 Å². The zero-order valence-corrected chi connectivity index (χ0v) is 8.03. The Bertz CT molecular complexity index is 199. The van der Waals surface area contributed by atoms with E-state index in [1.165, 1.54) is 0 Å². The van der Waals surface area contributed by atoms with Crippen LogP contribution in [0.1, 0.15) is 12.8 Å². The molecule has 2 N–H and O–H groups in total. The van der Waals surface area contributed by atoms with E-state index in [9.17, 15) is 0 Å². The molecule has 1 atom stereocenters. The Hall–Kier alpha value is -0.800. The summed E-state index contributed by atoms with van der Waals surface area (Å²) in [6.07, 6.45) is 8.02. The number of hydrogen-bond acceptors (Lipinski definition) is 3. The fourth-order valence-corrected chi connectivity index (χ4v) is 1.14. The third kappa shape index (κ3) is 3.61. The second-order valence-corrected chi connectivity index (χ2v) is 2.97. The molecular weight excluding hydrogens is 166 g/mol. The molecule has 0 fully saturated rings. The van der Waals surface area contributed by atoms with Gasteiger partial charge in [0.2, 0.25) is 0 Å². The van der Waals surface area contributed by atoms with Gasteiger partial charge in [-0.2, -0.15) is 0 Å². The highest BCUT2D eigenvalue weighted by Crippen LogP contribution is 2.13. The zero-order chi connectivity index (χ0) is 9.52. The summed E-state index contributed by atoms with van der Waals surface area (Å²) in [5.41, 5.74) is 5.35. The molecule has 3 heteroatoms. The van der Waals surface area contributed by atoms with Crippen LogP contribution in [0.5, 0.6) is 0 Å². The van der Waals surface area contributed by atoms with Crippen LogP contribution >= 0.6 is 0 Å². The fourth-order valence-electron chi connectivity index (χ4n) is 1.14. The average Bonchev–Trinajstić information content (AvgIpc) is 2.19. The van der Waals surface area contributed by atoms with E-state index >= 15 is 0 Å². The highest BCUT2D eigenvalue weighted by atomic mass is 16.5. The van der Waals surface area contributed by atoms with Gasteiger partial charge in [0.05, 0.1) is 12.7 Å². The maximum Gasteiger partial charge on any atom is 0.115 e. The van der Waals surface area contributed by atoms with Crippen LogP contribution in [0.2, 0.25) is 0 Å². The van der Waals surface area contributed by atoms with Crippen molar-refractivity contribution < 1.29 is 9.47 Å². The number of hydrogen-bond donors (Lipinski definition) is 1. The maximum absolute atomic E-state index is 5.45. The molecule has 0 spiro atoms. The first-order chi connectivity index (χ1) is 6.36. The summed E-state index contributed by atoms with van der Waals surface area (Å²) in [4.78, 5) is 0. The van der Waals surface area contributed by atoms with Crippen molar-refractivity contribution in [3.05, 3.63) is 24.0 Å². The Morgan fingerprint density at radius 2 is 2.46 bits per heavy atom. The molecule has 0 saturated heterocycles. The molecule has 13 heavy (non-hydrogen) atoms. The zero-order valence-electron chi connectivity index (χ0n) is 8.03. The first kappa shape index (κ1) is 10.3. The van der Waals surface area contributed by atoms with Crippen LogP contribution < -0.4 is 5.73 Å². The number of nitrogens with two attached hydrogens (primary N) is 1. The lowest BCUT2D eigenvalue weighted by atomic mass is 10.1. The molecule has 1 rings (SSSR count). The smallest absolute Gasteiger partial charge is 0.115 e. The molecule has 0 aromatic heterocycles. The molecule has 0 bridgehead atoms. The van der Waals surface area contributed by atoms with Gasteiger partial charge in [-0.3, -0.25) is 0 Å². The van der Waals surface area contributed by atoms with Crippen LogP contribution in [-0.4, -0.2) is 26.4 Å². The second kappa shape index (κ2) is 5.78. The van der Waals surface area contributed by atoms with Crippen molar-refractivity contribution >= 4 is 0 Å². The van der Waals surface area contributed by atoms with Crippen LogP contribution in [0.4, 0.5) is 0 Å². The Labute approximate surface area is 79.2 Å². The molecule has 0 aromatic carbocycles. The molecule has 1 aliphatic carbocycles. The quantitative estimate of drug-likeness (QED) is 0.651. The van der Waals surface area contributed by atoms with Gasteiger partial charge in [-0.15, -0.1) is 0 Å². The summed E-state index contributed by atoms with van der Waals surface area (Å²) in [6.45, 7) is 1.38. The molecule has 0 aliphatic heterocycles. The van der Waals surface area contributed by atoms with E-state index in [4.69, 9.17) is 15.2 Å². The van der Waals surface area contributed by atoms with Crippen molar-refractivity contribution in [2.24, 2.45) is 5.73 Å². The predicted octanol–water partition coefficient (Wildman–Crippen LogP) is 1.21. The number of allylic oxidation sites excluding steroid dienone is 1. The molecule has 0 radical (unpaired) electrons. The standard InChI is InChI=1S/C10H17NO2/c1-12-9-3-5-10(6-4-9)13-8-2-7-11/h3,5-6,9H,2,4,7-8,11H2,1H3. The van der Waals surface area contributed by atoms with E-state index in [0.717, 1.165) is 18.6 Å². The van der Waals surface area contributed by atoms with Gasteiger partial charge < -0.3 is 15.2 Å². The summed E-state index contributed by atoms with van der Waals surface area (Å²) in [7, 11) is 1.71. The molecule has 74 valence electrons. The minimum Gasteiger partial charge on any atom is -0.494 e. The summed E-state index contributed by atoms with van der Waals surface area (Å²) in [5.74, 6) is 0.932. The van der Waals surface area contributed by atoms with E-state index in [2.05, 4.69) is 0 Å². The van der Waals surface area contributed by atoms with E-state index < -0.39 is 0 Å². The van der Waals surface area contributed by atoms with Crippen molar-refractivity contribution in [3.63, 3.8) is 0 Å². The highest BCUT2D eigenvalue weighted by molar-refractivity contribution is 5.19. The van der Waals surface area contributed by atoms with Gasteiger partial charge in [0, 0.05) is 7.11 Å².